The Balaban J connectivity index is 1.89. The van der Waals surface area contributed by atoms with Gasteiger partial charge in [0, 0.05) is 16.6 Å². The van der Waals surface area contributed by atoms with Gasteiger partial charge >= 0.3 is 0 Å². The molecule has 13 N–H and O–H groups in total. The zero-order valence-electron chi connectivity index (χ0n) is 17.2. The second-order valence-electron chi connectivity index (χ2n) is 7.39. The van der Waals surface area contributed by atoms with Gasteiger partial charge < -0.3 is 66.6 Å². The number of anilines is 2. The molecule has 0 aliphatic carbocycles. The van der Waals surface area contributed by atoms with E-state index in [0.717, 1.165) is 0 Å². The fourth-order valence-corrected chi connectivity index (χ4v) is 3.59. The molecule has 0 radical (unpaired) electrons. The van der Waals surface area contributed by atoms with Crippen LogP contribution < -0.4 is 5.32 Å². The number of phenols is 12. The van der Waals surface area contributed by atoms with Gasteiger partial charge in [0.05, 0.1) is 5.39 Å². The smallest absolute Gasteiger partial charge is 0.208 e. The van der Waals surface area contributed by atoms with E-state index in [2.05, 4.69) is 5.32 Å². The van der Waals surface area contributed by atoms with Gasteiger partial charge in [-0.05, 0) is 17.7 Å². The molecule has 35 heavy (non-hydrogen) atoms. The number of aromatic hydroxyl groups is 12. The molecule has 0 saturated heterocycles. The highest BCUT2D eigenvalue weighted by Gasteiger charge is 2.29. The second kappa shape index (κ2) is 7.55. The highest BCUT2D eigenvalue weighted by molar-refractivity contribution is 6.13. The third-order valence-electron chi connectivity index (χ3n) is 5.38. The largest absolute Gasteiger partial charge is 0.504 e. The third kappa shape index (κ3) is 3.10. The van der Waals surface area contributed by atoms with Gasteiger partial charge in [0.2, 0.25) is 34.5 Å². The van der Waals surface area contributed by atoms with Gasteiger partial charge in [0.15, 0.2) is 34.5 Å². The molecule has 0 fully saturated rings. The van der Waals surface area contributed by atoms with Crippen LogP contribution in [-0.2, 0) is 0 Å². The van der Waals surface area contributed by atoms with Crippen LogP contribution in [0.2, 0.25) is 0 Å². The molecule has 13 nitrogen and oxygen atoms in total. The van der Waals surface area contributed by atoms with Crippen LogP contribution in [0.15, 0.2) is 24.3 Å². The summed E-state index contributed by atoms with van der Waals surface area (Å²) in [6.45, 7) is 0. The highest BCUT2D eigenvalue weighted by Crippen LogP contribution is 2.59. The quantitative estimate of drug-likeness (QED) is 0.147. The van der Waals surface area contributed by atoms with Gasteiger partial charge in [-0.15, -0.1) is 0 Å². The molecule has 182 valence electrons. The first-order chi connectivity index (χ1) is 16.4. The van der Waals surface area contributed by atoms with E-state index in [9.17, 15) is 61.3 Å². The van der Waals surface area contributed by atoms with Crippen LogP contribution >= 0.6 is 0 Å². The highest BCUT2D eigenvalue weighted by atomic mass is 16.4. The monoisotopic (exact) mass is 487 g/mol. The molecule has 0 bridgehead atoms. The zero-order valence-corrected chi connectivity index (χ0v) is 17.2. The standard InChI is InChI=1S/C22H17NO12/c24-11-7(8-9(13(26)17(11)30)14(27)19(32)18(31)12(8)25)5-1-3-6(4-2-5)23-10-15(28)20(33)22(35)21(34)16(10)29/h1-4,23-35H. The van der Waals surface area contributed by atoms with Gasteiger partial charge in [0.25, 0.3) is 0 Å². The average molecular weight is 487 g/mol. The molecule has 0 atom stereocenters. The summed E-state index contributed by atoms with van der Waals surface area (Å²) in [5.41, 5.74) is -0.777. The molecule has 0 heterocycles. The van der Waals surface area contributed by atoms with Crippen molar-refractivity contribution >= 4 is 22.1 Å². The summed E-state index contributed by atoms with van der Waals surface area (Å²) in [6, 6.07) is 5.09. The van der Waals surface area contributed by atoms with Crippen molar-refractivity contribution in [1.29, 1.82) is 0 Å². The predicted octanol–water partition coefficient (Wildman–Crippen LogP) is 2.72. The molecule has 13 heteroatoms. The Morgan fingerprint density at radius 1 is 0.371 bits per heavy atom. The summed E-state index contributed by atoms with van der Waals surface area (Å²) in [5, 5.41) is 121. The molecular weight excluding hydrogens is 470 g/mol. The van der Waals surface area contributed by atoms with Gasteiger partial charge in [-0.2, -0.15) is 0 Å². The Morgan fingerprint density at radius 2 is 0.743 bits per heavy atom. The maximum Gasteiger partial charge on any atom is 0.208 e. The Morgan fingerprint density at radius 3 is 1.23 bits per heavy atom. The lowest BCUT2D eigenvalue weighted by atomic mass is 9.93. The van der Waals surface area contributed by atoms with E-state index in [-0.39, 0.29) is 16.8 Å². The normalized spacial score (nSPS) is 11.1. The summed E-state index contributed by atoms with van der Waals surface area (Å²) < 4.78 is 0. The summed E-state index contributed by atoms with van der Waals surface area (Å²) in [5.74, 6) is -12.9. The number of benzene rings is 4. The molecule has 0 aromatic heterocycles. The molecule has 0 aliphatic heterocycles. The maximum atomic E-state index is 10.5. The average Bonchev–Trinajstić information content (AvgIpc) is 2.85. The van der Waals surface area contributed by atoms with E-state index < -0.39 is 85.5 Å². The number of nitrogens with one attached hydrogen (secondary N) is 1. The van der Waals surface area contributed by atoms with Crippen LogP contribution in [0.25, 0.3) is 21.9 Å². The van der Waals surface area contributed by atoms with Crippen LogP contribution in [0.4, 0.5) is 11.4 Å². The minimum absolute atomic E-state index is 0.0398. The van der Waals surface area contributed by atoms with Crippen LogP contribution in [0, 0.1) is 0 Å². The first-order valence-electron chi connectivity index (χ1n) is 9.50. The fraction of sp³-hybridized carbons (Fsp3) is 0. The molecule has 4 rings (SSSR count). The van der Waals surface area contributed by atoms with E-state index >= 15 is 0 Å². The molecule has 0 amide bonds. The van der Waals surface area contributed by atoms with Crippen molar-refractivity contribution in [3.05, 3.63) is 24.3 Å². The number of hydrogen-bond donors (Lipinski definition) is 13. The van der Waals surface area contributed by atoms with E-state index in [1.807, 2.05) is 0 Å². The summed E-state index contributed by atoms with van der Waals surface area (Å²) in [6.07, 6.45) is 0. The lowest BCUT2D eigenvalue weighted by Gasteiger charge is -2.17. The molecule has 0 aliphatic rings. The summed E-state index contributed by atoms with van der Waals surface area (Å²) in [7, 11) is 0. The lowest BCUT2D eigenvalue weighted by molar-refractivity contribution is 0.330. The molecule has 4 aromatic carbocycles. The van der Waals surface area contributed by atoms with E-state index in [1.54, 1.807) is 0 Å². The topological polar surface area (TPSA) is 255 Å². The Hall–Kier alpha value is -5.46. The van der Waals surface area contributed by atoms with Crippen LogP contribution in [0.1, 0.15) is 0 Å². The molecule has 0 spiro atoms. The second-order valence-corrected chi connectivity index (χ2v) is 7.39. The Bertz CT molecular complexity index is 1490. The van der Waals surface area contributed by atoms with E-state index in [1.165, 1.54) is 24.3 Å². The van der Waals surface area contributed by atoms with Gasteiger partial charge in [-0.25, -0.2) is 0 Å². The van der Waals surface area contributed by atoms with Crippen molar-refractivity contribution in [2.75, 3.05) is 5.32 Å². The minimum atomic E-state index is -1.18. The van der Waals surface area contributed by atoms with E-state index in [4.69, 9.17) is 0 Å². The van der Waals surface area contributed by atoms with Crippen molar-refractivity contribution in [3.8, 4) is 80.1 Å². The molecular formula is C22H17NO12. The van der Waals surface area contributed by atoms with Gasteiger partial charge in [0.1, 0.15) is 5.69 Å². The van der Waals surface area contributed by atoms with E-state index in [0.29, 0.717) is 0 Å². The van der Waals surface area contributed by atoms with Crippen molar-refractivity contribution in [3.63, 3.8) is 0 Å². The van der Waals surface area contributed by atoms with Crippen LogP contribution in [0.3, 0.4) is 0 Å². The maximum absolute atomic E-state index is 10.5. The predicted molar refractivity (Wildman–Crippen MR) is 119 cm³/mol. The molecule has 0 saturated carbocycles. The van der Waals surface area contributed by atoms with Crippen molar-refractivity contribution < 1.29 is 61.3 Å². The number of rotatable bonds is 3. The van der Waals surface area contributed by atoms with Crippen molar-refractivity contribution in [2.24, 2.45) is 0 Å². The number of fused-ring (bicyclic) bond motifs is 1. The first-order valence-corrected chi connectivity index (χ1v) is 9.50. The summed E-state index contributed by atoms with van der Waals surface area (Å²) >= 11 is 0. The van der Waals surface area contributed by atoms with Crippen LogP contribution in [-0.4, -0.2) is 61.3 Å². The number of phenolic OH excluding ortho intramolecular Hbond substituents is 12. The minimum Gasteiger partial charge on any atom is -0.504 e. The fourth-order valence-electron chi connectivity index (χ4n) is 3.59. The lowest BCUT2D eigenvalue weighted by Crippen LogP contribution is -1.93. The number of hydrogen-bond acceptors (Lipinski definition) is 13. The van der Waals surface area contributed by atoms with Crippen molar-refractivity contribution in [1.82, 2.24) is 0 Å². The molecule has 4 aromatic rings. The zero-order chi connectivity index (χ0) is 25.9. The summed E-state index contributed by atoms with van der Waals surface area (Å²) in [4.78, 5) is 0. The first kappa shape index (κ1) is 22.7. The van der Waals surface area contributed by atoms with Gasteiger partial charge in [-0.3, -0.25) is 0 Å². The van der Waals surface area contributed by atoms with Crippen LogP contribution in [0.5, 0.6) is 69.0 Å². The molecule has 0 unspecified atom stereocenters. The van der Waals surface area contributed by atoms with Gasteiger partial charge in [-0.1, -0.05) is 12.1 Å². The Labute approximate surface area is 193 Å². The SMILES string of the molecule is Oc1c(O)c(O)c(Nc2ccc(-c3c(O)c(O)c(O)c4c(O)c(O)c(O)c(O)c34)cc2)c(O)c1O. The van der Waals surface area contributed by atoms with Crippen molar-refractivity contribution in [2.45, 2.75) is 0 Å². The third-order valence-corrected chi connectivity index (χ3v) is 5.38. The Kier molecular flexibility index (Phi) is 4.90.